The summed E-state index contributed by atoms with van der Waals surface area (Å²) in [6.45, 7) is 8.66. The first-order chi connectivity index (χ1) is 6.81. The van der Waals surface area contributed by atoms with Crippen LogP contribution in [0.2, 0.25) is 0 Å². The van der Waals surface area contributed by atoms with Crippen molar-refractivity contribution in [1.82, 2.24) is 10.2 Å². The van der Waals surface area contributed by atoms with E-state index in [-0.39, 0.29) is 0 Å². The van der Waals surface area contributed by atoms with Crippen molar-refractivity contribution in [3.05, 3.63) is 0 Å². The molecule has 80 valence electrons. The fourth-order valence-corrected chi connectivity index (χ4v) is 2.32. The second kappa shape index (κ2) is 6.06. The Labute approximate surface area is 88.1 Å². The maximum atomic E-state index is 5.33. The third kappa shape index (κ3) is 3.01. The Morgan fingerprint density at radius 2 is 2.29 bits per heavy atom. The van der Waals surface area contributed by atoms with Crippen molar-refractivity contribution in [1.29, 1.82) is 0 Å². The van der Waals surface area contributed by atoms with E-state index < -0.39 is 0 Å². The zero-order valence-corrected chi connectivity index (χ0v) is 9.42. The highest BCUT2D eigenvalue weighted by atomic mass is 15.1. The molecule has 0 radical (unpaired) electrons. The fourth-order valence-electron chi connectivity index (χ4n) is 2.32. The molecule has 0 amide bonds. The van der Waals surface area contributed by atoms with E-state index in [9.17, 15) is 0 Å². The van der Waals surface area contributed by atoms with E-state index in [2.05, 4.69) is 30.0 Å². The summed E-state index contributed by atoms with van der Waals surface area (Å²) in [4.78, 5) is 2.39. The molecular formula is C12H22N2. The molecule has 1 aliphatic heterocycles. The smallest absolute Gasteiger partial charge is 0.0599 e. The van der Waals surface area contributed by atoms with Crippen LogP contribution in [0.15, 0.2) is 0 Å². The Kier molecular flexibility index (Phi) is 5.00. The van der Waals surface area contributed by atoms with Gasteiger partial charge in [0.25, 0.3) is 0 Å². The molecule has 0 bridgehead atoms. The Balaban J connectivity index is 2.42. The molecule has 0 aromatic heterocycles. The van der Waals surface area contributed by atoms with Gasteiger partial charge in [-0.2, -0.15) is 0 Å². The minimum Gasteiger partial charge on any atom is -0.314 e. The van der Waals surface area contributed by atoms with Crippen molar-refractivity contribution in [2.45, 2.75) is 32.7 Å². The molecule has 0 saturated carbocycles. The summed E-state index contributed by atoms with van der Waals surface area (Å²) in [6, 6.07) is 0.707. The molecule has 2 nitrogen and oxygen atoms in total. The molecule has 0 aromatic rings. The van der Waals surface area contributed by atoms with Crippen LogP contribution in [-0.2, 0) is 0 Å². The topological polar surface area (TPSA) is 15.3 Å². The lowest BCUT2D eigenvalue weighted by atomic mass is 9.90. The fraction of sp³-hybridized carbons (Fsp3) is 0.833. The van der Waals surface area contributed by atoms with Crippen LogP contribution in [0.25, 0.3) is 0 Å². The highest BCUT2D eigenvalue weighted by Gasteiger charge is 2.26. The second-order valence-corrected chi connectivity index (χ2v) is 4.06. The monoisotopic (exact) mass is 194 g/mol. The summed E-state index contributed by atoms with van der Waals surface area (Å²) in [6.07, 6.45) is 7.83. The lowest BCUT2D eigenvalue weighted by molar-refractivity contribution is 0.149. The minimum atomic E-state index is 0.707. The molecule has 14 heavy (non-hydrogen) atoms. The summed E-state index contributed by atoms with van der Waals surface area (Å²) < 4.78 is 0. The van der Waals surface area contributed by atoms with Crippen LogP contribution in [0, 0.1) is 18.3 Å². The van der Waals surface area contributed by atoms with Crippen LogP contribution in [-0.4, -0.2) is 37.1 Å². The first-order valence-corrected chi connectivity index (χ1v) is 5.71. The van der Waals surface area contributed by atoms with Gasteiger partial charge in [-0.25, -0.2) is 0 Å². The Bertz CT molecular complexity index is 195. The quantitative estimate of drug-likeness (QED) is 0.679. The molecule has 2 unspecified atom stereocenters. The van der Waals surface area contributed by atoms with Crippen molar-refractivity contribution < 1.29 is 0 Å². The Morgan fingerprint density at radius 1 is 1.50 bits per heavy atom. The van der Waals surface area contributed by atoms with Gasteiger partial charge in [-0.05, 0) is 18.9 Å². The van der Waals surface area contributed by atoms with Gasteiger partial charge < -0.3 is 5.32 Å². The standard InChI is InChI=1S/C12H22N2/c1-4-8-14-9-7-12(13-6-3)11(5-2)10-14/h1,11-13H,5-10H2,2-3H3. The molecule has 1 rings (SSSR count). The predicted molar refractivity (Wildman–Crippen MR) is 61.1 cm³/mol. The highest BCUT2D eigenvalue weighted by molar-refractivity contribution is 4.92. The van der Waals surface area contributed by atoms with E-state index in [1.165, 1.54) is 19.4 Å². The number of rotatable bonds is 4. The van der Waals surface area contributed by atoms with Gasteiger partial charge in [0.15, 0.2) is 0 Å². The van der Waals surface area contributed by atoms with Crippen molar-refractivity contribution in [3.63, 3.8) is 0 Å². The van der Waals surface area contributed by atoms with Gasteiger partial charge in [-0.3, -0.25) is 4.90 Å². The van der Waals surface area contributed by atoms with Crippen LogP contribution < -0.4 is 5.32 Å². The van der Waals surface area contributed by atoms with Crippen LogP contribution in [0.3, 0.4) is 0 Å². The first kappa shape index (κ1) is 11.6. The van der Waals surface area contributed by atoms with E-state index in [1.807, 2.05) is 0 Å². The molecule has 0 aliphatic carbocycles. The number of hydrogen-bond donors (Lipinski definition) is 1. The van der Waals surface area contributed by atoms with Gasteiger partial charge in [-0.15, -0.1) is 6.42 Å². The van der Waals surface area contributed by atoms with Crippen molar-refractivity contribution in [2.24, 2.45) is 5.92 Å². The number of nitrogens with one attached hydrogen (secondary N) is 1. The molecule has 0 aromatic carbocycles. The van der Waals surface area contributed by atoms with Gasteiger partial charge in [-0.1, -0.05) is 26.2 Å². The molecule has 1 saturated heterocycles. The normalized spacial score (nSPS) is 28.6. The average Bonchev–Trinajstić information content (AvgIpc) is 2.21. The van der Waals surface area contributed by atoms with Crippen LogP contribution >= 0.6 is 0 Å². The number of hydrogen-bond acceptors (Lipinski definition) is 2. The summed E-state index contributed by atoms with van der Waals surface area (Å²) in [5.74, 6) is 3.51. The lowest BCUT2D eigenvalue weighted by Crippen LogP contribution is -2.49. The molecule has 1 fully saturated rings. The lowest BCUT2D eigenvalue weighted by Gasteiger charge is -2.37. The number of nitrogens with zero attached hydrogens (tertiary/aromatic N) is 1. The average molecular weight is 194 g/mol. The molecule has 2 atom stereocenters. The number of terminal acetylenes is 1. The maximum Gasteiger partial charge on any atom is 0.0599 e. The van der Waals surface area contributed by atoms with Gasteiger partial charge in [0.2, 0.25) is 0 Å². The summed E-state index contributed by atoms with van der Waals surface area (Å²) in [7, 11) is 0. The van der Waals surface area contributed by atoms with Crippen LogP contribution in [0.4, 0.5) is 0 Å². The van der Waals surface area contributed by atoms with E-state index in [1.54, 1.807) is 0 Å². The van der Waals surface area contributed by atoms with Gasteiger partial charge in [0.1, 0.15) is 0 Å². The SMILES string of the molecule is C#CCN1CCC(NCC)C(CC)C1. The van der Waals surface area contributed by atoms with Gasteiger partial charge in [0.05, 0.1) is 6.54 Å². The molecule has 1 N–H and O–H groups in total. The molecular weight excluding hydrogens is 172 g/mol. The van der Waals surface area contributed by atoms with E-state index in [0.29, 0.717) is 6.04 Å². The third-order valence-electron chi connectivity index (χ3n) is 3.12. The molecule has 1 heterocycles. The second-order valence-electron chi connectivity index (χ2n) is 4.06. The summed E-state index contributed by atoms with van der Waals surface area (Å²) in [5, 5.41) is 3.57. The maximum absolute atomic E-state index is 5.33. The van der Waals surface area contributed by atoms with Crippen LogP contribution in [0.1, 0.15) is 26.7 Å². The number of likely N-dealkylation sites (tertiary alicyclic amines) is 1. The van der Waals surface area contributed by atoms with Crippen molar-refractivity contribution in [2.75, 3.05) is 26.2 Å². The highest BCUT2D eigenvalue weighted by Crippen LogP contribution is 2.19. The zero-order valence-electron chi connectivity index (χ0n) is 9.42. The third-order valence-corrected chi connectivity index (χ3v) is 3.12. The van der Waals surface area contributed by atoms with Crippen molar-refractivity contribution >= 4 is 0 Å². The Hall–Kier alpha value is -0.520. The zero-order chi connectivity index (χ0) is 10.4. The molecule has 2 heteroatoms. The predicted octanol–water partition coefficient (Wildman–Crippen LogP) is 1.33. The minimum absolute atomic E-state index is 0.707. The van der Waals surface area contributed by atoms with E-state index >= 15 is 0 Å². The van der Waals surface area contributed by atoms with E-state index in [0.717, 1.165) is 25.6 Å². The van der Waals surface area contributed by atoms with E-state index in [4.69, 9.17) is 6.42 Å². The molecule has 1 aliphatic rings. The van der Waals surface area contributed by atoms with Gasteiger partial charge in [0, 0.05) is 19.1 Å². The largest absolute Gasteiger partial charge is 0.314 e. The number of piperidine rings is 1. The van der Waals surface area contributed by atoms with Crippen molar-refractivity contribution in [3.8, 4) is 12.3 Å². The van der Waals surface area contributed by atoms with Crippen LogP contribution in [0.5, 0.6) is 0 Å². The Morgan fingerprint density at radius 3 is 2.86 bits per heavy atom. The van der Waals surface area contributed by atoms with Gasteiger partial charge >= 0.3 is 0 Å². The summed E-state index contributed by atoms with van der Waals surface area (Å²) >= 11 is 0. The summed E-state index contributed by atoms with van der Waals surface area (Å²) in [5.41, 5.74) is 0. The first-order valence-electron chi connectivity index (χ1n) is 5.71. The molecule has 0 spiro atoms.